The second kappa shape index (κ2) is 5.29. The second-order valence-corrected chi connectivity index (χ2v) is 5.73. The monoisotopic (exact) mass is 317 g/mol. The lowest BCUT2D eigenvalue weighted by Gasteiger charge is -2.09. The van der Waals surface area contributed by atoms with Crippen LogP contribution in [0.15, 0.2) is 34.8 Å². The molecular weight excluding hydrogens is 302 g/mol. The van der Waals surface area contributed by atoms with Gasteiger partial charge in [-0.2, -0.15) is 0 Å². The van der Waals surface area contributed by atoms with Gasteiger partial charge in [-0.25, -0.2) is 9.97 Å². The number of rotatable bonds is 4. The van der Waals surface area contributed by atoms with Gasteiger partial charge in [0.15, 0.2) is 0 Å². The van der Waals surface area contributed by atoms with E-state index < -0.39 is 0 Å². The topological polar surface area (TPSA) is 37.8 Å². The maximum Gasteiger partial charge on any atom is 0.134 e. The highest BCUT2D eigenvalue weighted by molar-refractivity contribution is 9.10. The zero-order chi connectivity index (χ0) is 13.2. The van der Waals surface area contributed by atoms with Crippen LogP contribution in [0.5, 0.6) is 0 Å². The number of halogens is 1. The van der Waals surface area contributed by atoms with Crippen LogP contribution in [-0.2, 0) is 0 Å². The molecule has 3 rings (SSSR count). The van der Waals surface area contributed by atoms with Crippen LogP contribution in [0.4, 0.5) is 5.82 Å². The summed E-state index contributed by atoms with van der Waals surface area (Å²) in [5.41, 5.74) is 2.12. The molecule has 1 fully saturated rings. The van der Waals surface area contributed by atoms with Gasteiger partial charge < -0.3 is 5.32 Å². The smallest absolute Gasteiger partial charge is 0.134 e. The van der Waals surface area contributed by atoms with E-state index in [1.54, 1.807) is 0 Å². The first kappa shape index (κ1) is 12.6. The van der Waals surface area contributed by atoms with Crippen molar-refractivity contribution in [1.82, 2.24) is 9.97 Å². The number of aromatic nitrogens is 2. The molecule has 1 saturated carbocycles. The third-order valence-corrected chi connectivity index (χ3v) is 3.66. The highest BCUT2D eigenvalue weighted by Gasteiger charge is 2.27. The molecule has 0 radical (unpaired) electrons. The van der Waals surface area contributed by atoms with Crippen molar-refractivity contribution in [2.45, 2.75) is 25.7 Å². The molecule has 0 spiro atoms. The zero-order valence-electron chi connectivity index (χ0n) is 10.9. The summed E-state index contributed by atoms with van der Waals surface area (Å²) in [4.78, 5) is 9.32. The predicted molar refractivity (Wildman–Crippen MR) is 81.3 cm³/mol. The largest absolute Gasteiger partial charge is 0.370 e. The van der Waals surface area contributed by atoms with Gasteiger partial charge in [-0.3, -0.25) is 0 Å². The van der Waals surface area contributed by atoms with Gasteiger partial charge in [0.2, 0.25) is 0 Å². The summed E-state index contributed by atoms with van der Waals surface area (Å²) in [7, 11) is 0. The first-order valence-corrected chi connectivity index (χ1v) is 7.44. The molecule has 1 aromatic carbocycles. The number of nitrogens with zero attached hydrogens (tertiary/aromatic N) is 2. The van der Waals surface area contributed by atoms with E-state index in [1.807, 2.05) is 18.2 Å². The van der Waals surface area contributed by atoms with Gasteiger partial charge in [-0.15, -0.1) is 0 Å². The van der Waals surface area contributed by atoms with Gasteiger partial charge >= 0.3 is 0 Å². The standard InChI is InChI=1S/C15H16BrN3/c1-2-17-14-9-13(11-4-3-5-12(16)8-11)18-15(19-14)10-6-7-10/h3-5,8-10H,2,6-7H2,1H3,(H,17,18,19). The molecule has 0 atom stereocenters. The summed E-state index contributed by atoms with van der Waals surface area (Å²) in [5, 5.41) is 3.29. The summed E-state index contributed by atoms with van der Waals surface area (Å²) < 4.78 is 1.07. The van der Waals surface area contributed by atoms with E-state index in [-0.39, 0.29) is 0 Å². The molecule has 0 aliphatic heterocycles. The van der Waals surface area contributed by atoms with Crippen molar-refractivity contribution >= 4 is 21.7 Å². The summed E-state index contributed by atoms with van der Waals surface area (Å²) in [6.45, 7) is 2.96. The molecule has 3 nitrogen and oxygen atoms in total. The summed E-state index contributed by atoms with van der Waals surface area (Å²) >= 11 is 3.51. The second-order valence-electron chi connectivity index (χ2n) is 4.81. The Kier molecular flexibility index (Phi) is 3.51. The molecule has 4 heteroatoms. The Morgan fingerprint density at radius 3 is 2.79 bits per heavy atom. The van der Waals surface area contributed by atoms with Crippen LogP contribution in [0.2, 0.25) is 0 Å². The lowest BCUT2D eigenvalue weighted by molar-refractivity contribution is 0.927. The van der Waals surface area contributed by atoms with Gasteiger partial charge in [0.25, 0.3) is 0 Å². The van der Waals surface area contributed by atoms with Crippen LogP contribution >= 0.6 is 15.9 Å². The van der Waals surface area contributed by atoms with Crippen molar-refractivity contribution in [3.63, 3.8) is 0 Å². The SMILES string of the molecule is CCNc1cc(-c2cccc(Br)c2)nc(C2CC2)n1. The number of anilines is 1. The normalized spacial score (nSPS) is 14.4. The van der Waals surface area contributed by atoms with Gasteiger partial charge in [0, 0.05) is 28.6 Å². The molecule has 0 unspecified atom stereocenters. The van der Waals surface area contributed by atoms with Gasteiger partial charge in [-0.05, 0) is 31.9 Å². The highest BCUT2D eigenvalue weighted by atomic mass is 79.9. The quantitative estimate of drug-likeness (QED) is 0.917. The molecular formula is C15H16BrN3. The van der Waals surface area contributed by atoms with Crippen molar-refractivity contribution in [3.8, 4) is 11.3 Å². The van der Waals surface area contributed by atoms with Crippen LogP contribution in [0.25, 0.3) is 11.3 Å². The predicted octanol–water partition coefficient (Wildman–Crippen LogP) is 4.22. The summed E-state index contributed by atoms with van der Waals surface area (Å²) in [6.07, 6.45) is 2.43. The van der Waals surface area contributed by atoms with Crippen molar-refractivity contribution in [2.24, 2.45) is 0 Å². The minimum atomic E-state index is 0.560. The van der Waals surface area contributed by atoms with Crippen LogP contribution in [0.3, 0.4) is 0 Å². The van der Waals surface area contributed by atoms with E-state index >= 15 is 0 Å². The fourth-order valence-electron chi connectivity index (χ4n) is 2.06. The van der Waals surface area contributed by atoms with Gasteiger partial charge in [-0.1, -0.05) is 28.1 Å². The lowest BCUT2D eigenvalue weighted by Crippen LogP contribution is -2.04. The van der Waals surface area contributed by atoms with E-state index in [1.165, 1.54) is 12.8 Å². The molecule has 0 saturated heterocycles. The minimum absolute atomic E-state index is 0.560. The first-order chi connectivity index (χ1) is 9.26. The van der Waals surface area contributed by atoms with E-state index in [4.69, 9.17) is 4.98 Å². The average Bonchev–Trinajstić information content (AvgIpc) is 3.23. The Morgan fingerprint density at radius 1 is 1.26 bits per heavy atom. The molecule has 19 heavy (non-hydrogen) atoms. The molecule has 1 N–H and O–H groups in total. The minimum Gasteiger partial charge on any atom is -0.370 e. The maximum atomic E-state index is 4.72. The van der Waals surface area contributed by atoms with Crippen LogP contribution < -0.4 is 5.32 Å². The molecule has 0 amide bonds. The van der Waals surface area contributed by atoms with Crippen LogP contribution in [0.1, 0.15) is 31.5 Å². The lowest BCUT2D eigenvalue weighted by atomic mass is 10.1. The van der Waals surface area contributed by atoms with Gasteiger partial charge in [0.05, 0.1) is 5.69 Å². The van der Waals surface area contributed by atoms with Gasteiger partial charge in [0.1, 0.15) is 11.6 Å². The summed E-state index contributed by atoms with van der Waals surface area (Å²) in [5.74, 6) is 2.47. The highest BCUT2D eigenvalue weighted by Crippen LogP contribution is 2.39. The summed E-state index contributed by atoms with van der Waals surface area (Å²) in [6, 6.07) is 10.3. The number of hydrogen-bond donors (Lipinski definition) is 1. The fraction of sp³-hybridized carbons (Fsp3) is 0.333. The average molecular weight is 318 g/mol. The molecule has 0 bridgehead atoms. The Hall–Kier alpha value is -1.42. The molecule has 1 heterocycles. The zero-order valence-corrected chi connectivity index (χ0v) is 12.4. The fourth-order valence-corrected chi connectivity index (χ4v) is 2.46. The van der Waals surface area contributed by atoms with Crippen LogP contribution in [-0.4, -0.2) is 16.5 Å². The maximum absolute atomic E-state index is 4.72. The molecule has 1 aliphatic carbocycles. The van der Waals surface area contributed by atoms with E-state index in [0.29, 0.717) is 5.92 Å². The Morgan fingerprint density at radius 2 is 2.11 bits per heavy atom. The van der Waals surface area contributed by atoms with Crippen LogP contribution in [0, 0.1) is 0 Å². The van der Waals surface area contributed by atoms with E-state index in [0.717, 1.165) is 33.9 Å². The van der Waals surface area contributed by atoms with Crippen molar-refractivity contribution in [3.05, 3.63) is 40.6 Å². The van der Waals surface area contributed by atoms with E-state index in [2.05, 4.69) is 45.3 Å². The van der Waals surface area contributed by atoms with Crippen molar-refractivity contribution in [2.75, 3.05) is 11.9 Å². The molecule has 1 aliphatic rings. The number of benzene rings is 1. The van der Waals surface area contributed by atoms with Crippen molar-refractivity contribution in [1.29, 1.82) is 0 Å². The number of hydrogen-bond acceptors (Lipinski definition) is 3. The first-order valence-electron chi connectivity index (χ1n) is 6.65. The number of nitrogens with one attached hydrogen (secondary N) is 1. The van der Waals surface area contributed by atoms with E-state index in [9.17, 15) is 0 Å². The Balaban J connectivity index is 2.03. The Labute approximate surface area is 121 Å². The molecule has 1 aromatic heterocycles. The molecule has 98 valence electrons. The molecule has 2 aromatic rings. The third kappa shape index (κ3) is 2.95. The third-order valence-electron chi connectivity index (χ3n) is 3.16. The van der Waals surface area contributed by atoms with Crippen molar-refractivity contribution < 1.29 is 0 Å². The Bertz CT molecular complexity index is 594.